The van der Waals surface area contributed by atoms with E-state index < -0.39 is 4.92 Å². The number of hydrogen-bond acceptors (Lipinski definition) is 4. The fourth-order valence-corrected chi connectivity index (χ4v) is 4.12. The molecule has 0 atom stereocenters. The standard InChI is InChI=1S/C19H28N4O3/c1-14-17(7-4-8-18(14)23(25)26)21-19(24)20-16-9-11-22(12-10-16)13-15-5-2-3-6-15/h4,7-8,15-16H,2-3,5-6,9-13H2,1H3,(H2,20,21,24). The highest BCUT2D eigenvalue weighted by atomic mass is 16.6. The summed E-state index contributed by atoms with van der Waals surface area (Å²) in [5.41, 5.74) is 0.970. The number of likely N-dealkylation sites (tertiary alicyclic amines) is 1. The molecule has 1 aliphatic carbocycles. The summed E-state index contributed by atoms with van der Waals surface area (Å²) >= 11 is 0. The van der Waals surface area contributed by atoms with Crippen LogP contribution in [0.15, 0.2) is 18.2 Å². The van der Waals surface area contributed by atoms with Crippen LogP contribution in [0.25, 0.3) is 0 Å². The van der Waals surface area contributed by atoms with Crippen LogP contribution in [0, 0.1) is 23.0 Å². The third-order valence-electron chi connectivity index (χ3n) is 5.66. The predicted molar refractivity (Wildman–Crippen MR) is 101 cm³/mol. The summed E-state index contributed by atoms with van der Waals surface area (Å²) in [5, 5.41) is 16.8. The largest absolute Gasteiger partial charge is 0.335 e. The first kappa shape index (κ1) is 18.6. The Bertz CT molecular complexity index is 650. The number of carbonyl (C=O) groups is 1. The van der Waals surface area contributed by atoms with E-state index >= 15 is 0 Å². The second kappa shape index (κ2) is 8.49. The summed E-state index contributed by atoms with van der Waals surface area (Å²) in [5.74, 6) is 0.861. The molecule has 7 nitrogen and oxygen atoms in total. The number of piperidine rings is 1. The molecule has 7 heteroatoms. The van der Waals surface area contributed by atoms with Gasteiger partial charge in [0.2, 0.25) is 0 Å². The van der Waals surface area contributed by atoms with Crippen LogP contribution in [0.1, 0.15) is 44.1 Å². The fourth-order valence-electron chi connectivity index (χ4n) is 4.12. The lowest BCUT2D eigenvalue weighted by molar-refractivity contribution is -0.385. The molecule has 1 saturated carbocycles. The maximum atomic E-state index is 12.3. The summed E-state index contributed by atoms with van der Waals surface area (Å²) in [6, 6.07) is 4.59. The Hall–Kier alpha value is -2.15. The number of rotatable bonds is 5. The van der Waals surface area contributed by atoms with Gasteiger partial charge in [0.15, 0.2) is 0 Å². The first-order valence-corrected chi connectivity index (χ1v) is 9.57. The van der Waals surface area contributed by atoms with Crippen molar-refractivity contribution in [2.75, 3.05) is 25.0 Å². The number of nitrogens with one attached hydrogen (secondary N) is 2. The van der Waals surface area contributed by atoms with E-state index in [1.807, 2.05) is 0 Å². The Kier molecular flexibility index (Phi) is 6.08. The van der Waals surface area contributed by atoms with Crippen LogP contribution < -0.4 is 10.6 Å². The van der Waals surface area contributed by atoms with Crippen LogP contribution in [0.3, 0.4) is 0 Å². The Morgan fingerprint density at radius 1 is 1.23 bits per heavy atom. The number of amides is 2. The lowest BCUT2D eigenvalue weighted by Gasteiger charge is -2.33. The zero-order valence-electron chi connectivity index (χ0n) is 15.4. The Balaban J connectivity index is 1.46. The molecule has 2 N–H and O–H groups in total. The molecule has 142 valence electrons. The third-order valence-corrected chi connectivity index (χ3v) is 5.66. The highest BCUT2D eigenvalue weighted by Gasteiger charge is 2.24. The summed E-state index contributed by atoms with van der Waals surface area (Å²) in [6.45, 7) is 4.90. The average Bonchev–Trinajstić information content (AvgIpc) is 3.11. The zero-order chi connectivity index (χ0) is 18.5. The van der Waals surface area contributed by atoms with E-state index in [2.05, 4.69) is 15.5 Å². The second-order valence-corrected chi connectivity index (χ2v) is 7.53. The van der Waals surface area contributed by atoms with Crippen LogP contribution in [-0.4, -0.2) is 41.5 Å². The molecular formula is C19H28N4O3. The molecule has 0 aromatic heterocycles. The van der Waals surface area contributed by atoms with Gasteiger partial charge in [-0.05, 0) is 44.6 Å². The lowest BCUT2D eigenvalue weighted by atomic mass is 10.0. The minimum atomic E-state index is -0.432. The van der Waals surface area contributed by atoms with Gasteiger partial charge in [0.25, 0.3) is 5.69 Å². The highest BCUT2D eigenvalue weighted by Crippen LogP contribution is 2.27. The predicted octanol–water partition coefficient (Wildman–Crippen LogP) is 3.68. The molecule has 0 radical (unpaired) electrons. The SMILES string of the molecule is Cc1c(NC(=O)NC2CCN(CC3CCCC3)CC2)cccc1[N+](=O)[O-]. The summed E-state index contributed by atoms with van der Waals surface area (Å²) < 4.78 is 0. The van der Waals surface area contributed by atoms with Gasteiger partial charge in [0.05, 0.1) is 16.2 Å². The minimum Gasteiger partial charge on any atom is -0.335 e. The molecule has 1 aromatic rings. The molecular weight excluding hydrogens is 332 g/mol. The van der Waals surface area contributed by atoms with Crippen molar-refractivity contribution in [3.8, 4) is 0 Å². The quantitative estimate of drug-likeness (QED) is 0.619. The second-order valence-electron chi connectivity index (χ2n) is 7.53. The maximum Gasteiger partial charge on any atom is 0.319 e. The number of nitro groups is 1. The molecule has 2 aliphatic rings. The number of nitrogens with zero attached hydrogens (tertiary/aromatic N) is 2. The first-order valence-electron chi connectivity index (χ1n) is 9.57. The molecule has 0 bridgehead atoms. The molecule has 1 aliphatic heterocycles. The fraction of sp³-hybridized carbons (Fsp3) is 0.632. The van der Waals surface area contributed by atoms with Gasteiger partial charge in [0.1, 0.15) is 0 Å². The van der Waals surface area contributed by atoms with Gasteiger partial charge in [-0.15, -0.1) is 0 Å². The topological polar surface area (TPSA) is 87.5 Å². The van der Waals surface area contributed by atoms with Gasteiger partial charge in [0, 0.05) is 31.7 Å². The molecule has 2 fully saturated rings. The Morgan fingerprint density at radius 2 is 1.92 bits per heavy atom. The van der Waals surface area contributed by atoms with E-state index in [0.29, 0.717) is 11.3 Å². The summed E-state index contributed by atoms with van der Waals surface area (Å²) in [6.07, 6.45) is 7.38. The van der Waals surface area contributed by atoms with E-state index in [-0.39, 0.29) is 17.8 Å². The van der Waals surface area contributed by atoms with E-state index in [1.165, 1.54) is 38.3 Å². The normalized spacial score (nSPS) is 19.4. The van der Waals surface area contributed by atoms with Crippen LogP contribution >= 0.6 is 0 Å². The van der Waals surface area contributed by atoms with Gasteiger partial charge in [-0.2, -0.15) is 0 Å². The molecule has 1 saturated heterocycles. The van der Waals surface area contributed by atoms with Crippen molar-refractivity contribution in [2.24, 2.45) is 5.92 Å². The molecule has 0 unspecified atom stereocenters. The van der Waals surface area contributed by atoms with Gasteiger partial charge in [-0.3, -0.25) is 10.1 Å². The van der Waals surface area contributed by atoms with Gasteiger partial charge in [-0.25, -0.2) is 4.79 Å². The summed E-state index contributed by atoms with van der Waals surface area (Å²) in [7, 11) is 0. The average molecular weight is 360 g/mol. The smallest absolute Gasteiger partial charge is 0.319 e. The number of carbonyl (C=O) groups excluding carboxylic acids is 1. The Morgan fingerprint density at radius 3 is 2.58 bits per heavy atom. The molecule has 1 aromatic carbocycles. The zero-order valence-corrected chi connectivity index (χ0v) is 15.4. The van der Waals surface area contributed by atoms with Gasteiger partial charge < -0.3 is 15.5 Å². The molecule has 1 heterocycles. The highest BCUT2D eigenvalue weighted by molar-refractivity contribution is 5.90. The number of anilines is 1. The number of urea groups is 1. The first-order chi connectivity index (χ1) is 12.5. The van der Waals surface area contributed by atoms with Gasteiger partial charge >= 0.3 is 6.03 Å². The van der Waals surface area contributed by atoms with Gasteiger partial charge in [-0.1, -0.05) is 18.9 Å². The minimum absolute atomic E-state index is 0.0167. The van der Waals surface area contributed by atoms with Crippen LogP contribution in [0.2, 0.25) is 0 Å². The maximum absolute atomic E-state index is 12.3. The van der Waals surface area contributed by atoms with Crippen LogP contribution in [0.4, 0.5) is 16.2 Å². The van der Waals surface area contributed by atoms with Crippen molar-refractivity contribution in [2.45, 2.75) is 51.5 Å². The van der Waals surface area contributed by atoms with Crippen molar-refractivity contribution in [3.05, 3.63) is 33.9 Å². The molecule has 3 rings (SSSR count). The Labute approximate surface area is 154 Å². The number of nitro benzene ring substituents is 1. The van der Waals surface area contributed by atoms with Crippen molar-refractivity contribution in [1.29, 1.82) is 0 Å². The van der Waals surface area contributed by atoms with Crippen molar-refractivity contribution in [1.82, 2.24) is 10.2 Å². The van der Waals surface area contributed by atoms with Crippen molar-refractivity contribution in [3.63, 3.8) is 0 Å². The van der Waals surface area contributed by atoms with Crippen molar-refractivity contribution >= 4 is 17.4 Å². The number of hydrogen-bond donors (Lipinski definition) is 2. The van der Waals surface area contributed by atoms with E-state index in [4.69, 9.17) is 0 Å². The molecule has 26 heavy (non-hydrogen) atoms. The van der Waals surface area contributed by atoms with E-state index in [9.17, 15) is 14.9 Å². The summed E-state index contributed by atoms with van der Waals surface area (Å²) in [4.78, 5) is 25.4. The number of benzene rings is 1. The van der Waals surface area contributed by atoms with E-state index in [1.54, 1.807) is 19.1 Å². The van der Waals surface area contributed by atoms with Crippen molar-refractivity contribution < 1.29 is 9.72 Å². The molecule has 0 spiro atoms. The molecule has 2 amide bonds. The van der Waals surface area contributed by atoms with Crippen LogP contribution in [0.5, 0.6) is 0 Å². The van der Waals surface area contributed by atoms with Crippen LogP contribution in [-0.2, 0) is 0 Å². The lowest BCUT2D eigenvalue weighted by Crippen LogP contribution is -2.46. The third kappa shape index (κ3) is 4.72. The monoisotopic (exact) mass is 360 g/mol. The van der Waals surface area contributed by atoms with E-state index in [0.717, 1.165) is 31.8 Å².